The van der Waals surface area contributed by atoms with E-state index in [-0.39, 0.29) is 23.8 Å². The van der Waals surface area contributed by atoms with Crippen molar-refractivity contribution < 1.29 is 18.9 Å². The first kappa shape index (κ1) is 19.6. The minimum Gasteiger partial charge on any atom is -0.445 e. The first-order chi connectivity index (χ1) is 13.3. The molecule has 3 aliphatic rings. The van der Waals surface area contributed by atoms with Crippen molar-refractivity contribution in [2.24, 2.45) is 0 Å². The molecule has 0 aliphatic carbocycles. The summed E-state index contributed by atoms with van der Waals surface area (Å²) in [6.07, 6.45) is -0.373. The number of fused-ring (bicyclic) bond motifs is 7. The van der Waals surface area contributed by atoms with E-state index in [9.17, 15) is 4.79 Å². The summed E-state index contributed by atoms with van der Waals surface area (Å²) in [5, 5.41) is 0. The SMILES string of the molecule is CC[Si](C#C[C@H]1Oc2nc(=O)ccn2[C@@H]2O[C@H]1[C@H]1OC(C)(C)O[C@H]12)(CC)CC. The van der Waals surface area contributed by atoms with Gasteiger partial charge in [0.2, 0.25) is 0 Å². The van der Waals surface area contributed by atoms with Crippen molar-refractivity contribution in [3.8, 4) is 17.5 Å². The average Bonchev–Trinajstić information content (AvgIpc) is 3.09. The topological polar surface area (TPSA) is 71.8 Å². The lowest BCUT2D eigenvalue weighted by Gasteiger charge is -2.25. The zero-order valence-corrected chi connectivity index (χ0v) is 18.1. The van der Waals surface area contributed by atoms with Gasteiger partial charge in [-0.05, 0) is 32.0 Å². The second-order valence-electron chi connectivity index (χ2n) is 8.16. The monoisotopic (exact) mass is 404 g/mol. The van der Waals surface area contributed by atoms with Crippen LogP contribution in [0.2, 0.25) is 18.1 Å². The van der Waals surface area contributed by atoms with Gasteiger partial charge in [0.15, 0.2) is 18.1 Å². The Labute approximate surface area is 166 Å². The summed E-state index contributed by atoms with van der Waals surface area (Å²) < 4.78 is 26.4. The van der Waals surface area contributed by atoms with Gasteiger partial charge >= 0.3 is 6.01 Å². The van der Waals surface area contributed by atoms with E-state index in [0.717, 1.165) is 18.1 Å². The summed E-state index contributed by atoms with van der Waals surface area (Å²) in [5.41, 5.74) is 3.23. The second-order valence-corrected chi connectivity index (χ2v) is 13.1. The maximum absolute atomic E-state index is 11.8. The third-order valence-corrected chi connectivity index (χ3v) is 10.9. The fourth-order valence-corrected chi connectivity index (χ4v) is 6.76. The Bertz CT molecular complexity index is 861. The molecular weight excluding hydrogens is 376 g/mol. The van der Waals surface area contributed by atoms with Gasteiger partial charge in [-0.3, -0.25) is 9.36 Å². The predicted octanol–water partition coefficient (Wildman–Crippen LogP) is 2.47. The van der Waals surface area contributed by atoms with Gasteiger partial charge in [-0.15, -0.1) is 5.54 Å². The summed E-state index contributed by atoms with van der Waals surface area (Å²) in [4.78, 5) is 15.9. The van der Waals surface area contributed by atoms with Gasteiger partial charge in [-0.2, -0.15) is 4.98 Å². The Balaban J connectivity index is 1.77. The molecule has 1 aromatic heterocycles. The molecular formula is C20H28N2O5Si. The van der Waals surface area contributed by atoms with Gasteiger partial charge in [0.05, 0.1) is 0 Å². The molecule has 0 unspecified atom stereocenters. The zero-order chi connectivity index (χ0) is 20.1. The molecule has 4 rings (SSSR count). The molecule has 5 atom stereocenters. The number of hydrogen-bond acceptors (Lipinski definition) is 6. The normalized spacial score (nSPS) is 32.5. The highest BCUT2D eigenvalue weighted by molar-refractivity contribution is 6.87. The minimum atomic E-state index is -1.67. The molecule has 2 fully saturated rings. The Morgan fingerprint density at radius 3 is 2.50 bits per heavy atom. The Morgan fingerprint density at radius 1 is 1.14 bits per heavy atom. The molecule has 28 heavy (non-hydrogen) atoms. The van der Waals surface area contributed by atoms with Crippen LogP contribution in [0, 0.1) is 11.5 Å². The number of aromatic nitrogens is 2. The molecule has 8 heteroatoms. The van der Waals surface area contributed by atoms with Crippen molar-refractivity contribution in [2.45, 2.75) is 89.2 Å². The van der Waals surface area contributed by atoms with Crippen LogP contribution < -0.4 is 10.3 Å². The van der Waals surface area contributed by atoms with Crippen LogP contribution in [0.1, 0.15) is 40.8 Å². The molecule has 152 valence electrons. The van der Waals surface area contributed by atoms with E-state index in [1.165, 1.54) is 6.07 Å². The highest BCUT2D eigenvalue weighted by Crippen LogP contribution is 2.46. The van der Waals surface area contributed by atoms with Crippen molar-refractivity contribution in [1.82, 2.24) is 9.55 Å². The quantitative estimate of drug-likeness (QED) is 0.569. The molecule has 1 aromatic rings. The van der Waals surface area contributed by atoms with E-state index in [1.54, 1.807) is 10.8 Å². The van der Waals surface area contributed by atoms with Crippen LogP contribution in [0.3, 0.4) is 0 Å². The third kappa shape index (κ3) is 3.20. The van der Waals surface area contributed by atoms with E-state index in [0.29, 0.717) is 0 Å². The molecule has 0 N–H and O–H groups in total. The largest absolute Gasteiger partial charge is 0.445 e. The number of ether oxygens (including phenoxy) is 4. The van der Waals surface area contributed by atoms with Gasteiger partial charge in [0, 0.05) is 12.3 Å². The predicted molar refractivity (Wildman–Crippen MR) is 106 cm³/mol. The molecule has 0 saturated carbocycles. The molecule has 0 radical (unpaired) electrons. The Hall–Kier alpha value is -1.66. The van der Waals surface area contributed by atoms with Gasteiger partial charge in [0.25, 0.3) is 5.56 Å². The molecule has 0 amide bonds. The summed E-state index contributed by atoms with van der Waals surface area (Å²) in [5.74, 6) is 2.65. The lowest BCUT2D eigenvalue weighted by atomic mass is 10.1. The van der Waals surface area contributed by atoms with Crippen molar-refractivity contribution in [3.05, 3.63) is 22.6 Å². The van der Waals surface area contributed by atoms with Crippen LogP contribution >= 0.6 is 0 Å². The zero-order valence-electron chi connectivity index (χ0n) is 17.1. The molecule has 4 heterocycles. The summed E-state index contributed by atoms with van der Waals surface area (Å²) in [6.45, 7) is 10.4. The molecule has 2 bridgehead atoms. The maximum Gasteiger partial charge on any atom is 0.303 e. The lowest BCUT2D eigenvalue weighted by molar-refractivity contribution is -0.198. The van der Waals surface area contributed by atoms with Gasteiger partial charge in [-0.25, -0.2) is 0 Å². The number of nitrogens with zero attached hydrogens (tertiary/aromatic N) is 2. The first-order valence-corrected chi connectivity index (χ1v) is 12.7. The molecule has 0 spiro atoms. The second kappa shape index (κ2) is 6.99. The molecule has 2 saturated heterocycles. The summed E-state index contributed by atoms with van der Waals surface area (Å²) >= 11 is 0. The Kier molecular flexibility index (Phi) is 4.90. The summed E-state index contributed by atoms with van der Waals surface area (Å²) in [6, 6.07) is 4.92. The smallest absolute Gasteiger partial charge is 0.303 e. The Morgan fingerprint density at radius 2 is 1.82 bits per heavy atom. The molecule has 0 aromatic carbocycles. The van der Waals surface area contributed by atoms with Gasteiger partial charge < -0.3 is 18.9 Å². The van der Waals surface area contributed by atoms with E-state index in [1.807, 2.05) is 13.8 Å². The number of hydrogen-bond donors (Lipinski definition) is 0. The number of rotatable bonds is 3. The van der Waals surface area contributed by atoms with Gasteiger partial charge in [-0.1, -0.05) is 26.7 Å². The van der Waals surface area contributed by atoms with Crippen molar-refractivity contribution in [1.29, 1.82) is 0 Å². The summed E-state index contributed by atoms with van der Waals surface area (Å²) in [7, 11) is -1.67. The van der Waals surface area contributed by atoms with Crippen LogP contribution in [0.4, 0.5) is 0 Å². The van der Waals surface area contributed by atoms with E-state index in [2.05, 4.69) is 37.2 Å². The highest BCUT2D eigenvalue weighted by atomic mass is 28.3. The van der Waals surface area contributed by atoms with E-state index >= 15 is 0 Å². The fourth-order valence-electron chi connectivity index (χ4n) is 4.28. The standard InChI is InChI=1S/C20H28N2O5Si/c1-6-28(7-2,8-3)12-10-13-15-16-17(27-20(4,5)26-16)18(25-15)22-11-9-14(23)21-19(22)24-13/h9,11,13,15-18H,6-8H2,1-5H3/t13-,15-,16-,17-,18-/m1/s1. The van der Waals surface area contributed by atoms with Crippen molar-refractivity contribution in [3.63, 3.8) is 0 Å². The third-order valence-electron chi connectivity index (χ3n) is 6.18. The van der Waals surface area contributed by atoms with Crippen LogP contribution in [-0.2, 0) is 14.2 Å². The minimum absolute atomic E-state index is 0.225. The van der Waals surface area contributed by atoms with E-state index < -0.39 is 32.3 Å². The van der Waals surface area contributed by atoms with Crippen LogP contribution in [0.5, 0.6) is 6.01 Å². The van der Waals surface area contributed by atoms with Crippen LogP contribution in [0.15, 0.2) is 17.1 Å². The van der Waals surface area contributed by atoms with Crippen LogP contribution in [-0.4, -0.2) is 47.8 Å². The van der Waals surface area contributed by atoms with Gasteiger partial charge in [0.1, 0.15) is 26.4 Å². The van der Waals surface area contributed by atoms with Crippen LogP contribution in [0.25, 0.3) is 0 Å². The molecule has 3 aliphatic heterocycles. The van der Waals surface area contributed by atoms with Crippen molar-refractivity contribution >= 4 is 8.07 Å². The first-order valence-electron chi connectivity index (χ1n) is 10.1. The van der Waals surface area contributed by atoms with Crippen molar-refractivity contribution in [2.75, 3.05) is 0 Å². The fraction of sp³-hybridized carbons (Fsp3) is 0.700. The molecule has 7 nitrogen and oxygen atoms in total. The highest BCUT2D eigenvalue weighted by Gasteiger charge is 2.60. The average molecular weight is 405 g/mol. The maximum atomic E-state index is 11.8. The lowest BCUT2D eigenvalue weighted by Crippen LogP contribution is -2.42. The van der Waals surface area contributed by atoms with E-state index in [4.69, 9.17) is 18.9 Å².